The van der Waals surface area contributed by atoms with Crippen molar-refractivity contribution in [1.29, 1.82) is 0 Å². The molecule has 0 aliphatic heterocycles. The average molecular weight is 310 g/mol. The molecule has 0 amide bonds. The zero-order chi connectivity index (χ0) is 16.3. The second-order valence-electron chi connectivity index (χ2n) is 6.34. The Morgan fingerprint density at radius 1 is 1.38 bits per heavy atom. The number of carboxylic acids is 1. The highest BCUT2D eigenvalue weighted by atomic mass is 19.4. The number of nitrogens with one attached hydrogen (secondary N) is 1. The normalized spacial score (nSPS) is 19.0. The number of carboxylic acid groups (broad SMARTS) is 1. The first-order valence-corrected chi connectivity index (χ1v) is 7.35. The van der Waals surface area contributed by atoms with E-state index in [4.69, 9.17) is 0 Å². The topological polar surface area (TPSA) is 52.6 Å². The van der Waals surface area contributed by atoms with Crippen molar-refractivity contribution >= 4 is 5.97 Å². The molecule has 2 N–H and O–H groups in total. The van der Waals surface area contributed by atoms with Gasteiger partial charge in [0.25, 0.3) is 0 Å². The van der Waals surface area contributed by atoms with Crippen LogP contribution in [0.15, 0.2) is 0 Å². The highest BCUT2D eigenvalue weighted by Crippen LogP contribution is 2.25. The first-order chi connectivity index (χ1) is 9.53. The van der Waals surface area contributed by atoms with Crippen molar-refractivity contribution in [2.75, 3.05) is 13.1 Å². The van der Waals surface area contributed by atoms with E-state index >= 15 is 0 Å². The number of nitrogens with zero attached hydrogens (tertiary/aromatic N) is 1. The summed E-state index contributed by atoms with van der Waals surface area (Å²) >= 11 is 0. The van der Waals surface area contributed by atoms with Crippen LogP contribution in [-0.4, -0.2) is 52.9 Å². The lowest BCUT2D eigenvalue weighted by molar-refractivity contribution is -0.151. The van der Waals surface area contributed by atoms with E-state index in [2.05, 4.69) is 5.32 Å². The highest BCUT2D eigenvalue weighted by Gasteiger charge is 2.38. The number of hydrogen-bond acceptors (Lipinski definition) is 3. The van der Waals surface area contributed by atoms with Crippen molar-refractivity contribution in [1.82, 2.24) is 10.2 Å². The van der Waals surface area contributed by atoms with Crippen LogP contribution in [0.5, 0.6) is 0 Å². The van der Waals surface area contributed by atoms with Crippen molar-refractivity contribution in [3.63, 3.8) is 0 Å². The van der Waals surface area contributed by atoms with E-state index in [-0.39, 0.29) is 18.6 Å². The van der Waals surface area contributed by atoms with Gasteiger partial charge in [0, 0.05) is 12.1 Å². The third kappa shape index (κ3) is 6.65. The summed E-state index contributed by atoms with van der Waals surface area (Å²) in [5, 5.41) is 12.4. The molecule has 0 aromatic carbocycles. The molecule has 0 radical (unpaired) electrons. The van der Waals surface area contributed by atoms with E-state index in [1.807, 2.05) is 0 Å². The van der Waals surface area contributed by atoms with Gasteiger partial charge in [-0.25, -0.2) is 0 Å². The predicted molar refractivity (Wildman–Crippen MR) is 74.2 cm³/mol. The van der Waals surface area contributed by atoms with E-state index in [1.54, 1.807) is 20.8 Å². The van der Waals surface area contributed by atoms with E-state index in [0.29, 0.717) is 12.8 Å². The Kier molecular flexibility index (Phi) is 6.04. The van der Waals surface area contributed by atoms with Crippen molar-refractivity contribution in [2.45, 2.75) is 70.3 Å². The maximum atomic E-state index is 12.5. The fourth-order valence-corrected chi connectivity index (χ4v) is 2.30. The van der Waals surface area contributed by atoms with Gasteiger partial charge in [0.1, 0.15) is 5.54 Å². The Morgan fingerprint density at radius 3 is 2.33 bits per heavy atom. The Labute approximate surface area is 123 Å². The third-order valence-corrected chi connectivity index (χ3v) is 3.81. The van der Waals surface area contributed by atoms with Gasteiger partial charge >= 0.3 is 12.1 Å². The Hall–Kier alpha value is -0.820. The summed E-state index contributed by atoms with van der Waals surface area (Å²) in [4.78, 5) is 12.7. The Balaban J connectivity index is 2.48. The molecular formula is C14H25F3N2O2. The molecule has 0 bridgehead atoms. The van der Waals surface area contributed by atoms with Crippen LogP contribution in [0, 0.1) is 0 Å². The SMILES string of the molecule is CC(C)N(CCCC(C)(NC1CC1)C(=O)O)CC(F)(F)F. The van der Waals surface area contributed by atoms with Crippen LogP contribution in [0.2, 0.25) is 0 Å². The van der Waals surface area contributed by atoms with E-state index < -0.39 is 24.2 Å². The third-order valence-electron chi connectivity index (χ3n) is 3.81. The van der Waals surface area contributed by atoms with Gasteiger partial charge < -0.3 is 5.11 Å². The van der Waals surface area contributed by atoms with Gasteiger partial charge in [0.15, 0.2) is 0 Å². The van der Waals surface area contributed by atoms with Crippen LogP contribution in [0.4, 0.5) is 13.2 Å². The molecule has 0 aromatic rings. The standard InChI is InChI=1S/C14H25F3N2O2/c1-10(2)19(9-14(15,16)17)8-4-7-13(3,12(20)21)18-11-5-6-11/h10-11,18H,4-9H2,1-3H3,(H,20,21). The van der Waals surface area contributed by atoms with Crippen molar-refractivity contribution < 1.29 is 23.1 Å². The van der Waals surface area contributed by atoms with Gasteiger partial charge in [-0.05, 0) is 53.0 Å². The number of aliphatic carboxylic acids is 1. The number of rotatable bonds is 9. The van der Waals surface area contributed by atoms with Crippen LogP contribution in [0.25, 0.3) is 0 Å². The molecule has 0 saturated heterocycles. The van der Waals surface area contributed by atoms with E-state index in [1.165, 1.54) is 4.90 Å². The zero-order valence-corrected chi connectivity index (χ0v) is 12.8. The summed E-state index contributed by atoms with van der Waals surface area (Å²) in [7, 11) is 0. The van der Waals surface area contributed by atoms with Gasteiger partial charge in [-0.1, -0.05) is 0 Å². The molecule has 1 saturated carbocycles. The number of hydrogen-bond donors (Lipinski definition) is 2. The molecule has 1 aliphatic carbocycles. The Bertz CT molecular complexity index is 357. The summed E-state index contributed by atoms with van der Waals surface area (Å²) in [5.41, 5.74) is -1.05. The van der Waals surface area contributed by atoms with Gasteiger partial charge in [0.05, 0.1) is 6.54 Å². The van der Waals surface area contributed by atoms with Gasteiger partial charge in [-0.15, -0.1) is 0 Å². The molecule has 1 atom stereocenters. The summed E-state index contributed by atoms with van der Waals surface area (Å²) in [6, 6.07) is 0.0153. The summed E-state index contributed by atoms with van der Waals surface area (Å²) in [6.45, 7) is 4.32. The number of carbonyl (C=O) groups is 1. The largest absolute Gasteiger partial charge is 0.480 e. The molecule has 1 rings (SSSR count). The van der Waals surface area contributed by atoms with E-state index in [9.17, 15) is 23.1 Å². The molecule has 124 valence electrons. The minimum atomic E-state index is -4.23. The van der Waals surface area contributed by atoms with Crippen LogP contribution >= 0.6 is 0 Å². The van der Waals surface area contributed by atoms with Gasteiger partial charge in [0.2, 0.25) is 0 Å². The molecule has 7 heteroatoms. The molecule has 0 heterocycles. The lowest BCUT2D eigenvalue weighted by atomic mass is 9.95. The highest BCUT2D eigenvalue weighted by molar-refractivity contribution is 5.78. The smallest absolute Gasteiger partial charge is 0.401 e. The Morgan fingerprint density at radius 2 is 1.95 bits per heavy atom. The van der Waals surface area contributed by atoms with Crippen LogP contribution in [-0.2, 0) is 4.79 Å². The molecule has 4 nitrogen and oxygen atoms in total. The van der Waals surface area contributed by atoms with Gasteiger partial charge in [-0.2, -0.15) is 13.2 Å². The van der Waals surface area contributed by atoms with Crippen molar-refractivity contribution in [3.8, 4) is 0 Å². The molecule has 0 aromatic heterocycles. The molecule has 1 unspecified atom stereocenters. The maximum Gasteiger partial charge on any atom is 0.401 e. The molecule has 21 heavy (non-hydrogen) atoms. The monoisotopic (exact) mass is 310 g/mol. The summed E-state index contributed by atoms with van der Waals surface area (Å²) in [6.07, 6.45) is -1.56. The second kappa shape index (κ2) is 6.96. The van der Waals surface area contributed by atoms with Crippen LogP contribution in [0.3, 0.4) is 0 Å². The summed E-state index contributed by atoms with van der Waals surface area (Å²) in [5.74, 6) is -0.943. The van der Waals surface area contributed by atoms with Crippen LogP contribution < -0.4 is 5.32 Å². The predicted octanol–water partition coefficient (Wildman–Crippen LogP) is 2.63. The number of halogens is 3. The first-order valence-electron chi connectivity index (χ1n) is 7.35. The maximum absolute atomic E-state index is 12.5. The van der Waals surface area contributed by atoms with E-state index in [0.717, 1.165) is 12.8 Å². The average Bonchev–Trinajstić information content (AvgIpc) is 3.09. The lowest BCUT2D eigenvalue weighted by Gasteiger charge is -2.30. The fourth-order valence-electron chi connectivity index (χ4n) is 2.30. The summed E-state index contributed by atoms with van der Waals surface area (Å²) < 4.78 is 37.5. The van der Waals surface area contributed by atoms with Gasteiger partial charge in [-0.3, -0.25) is 15.0 Å². The number of alkyl halides is 3. The quantitative estimate of drug-likeness (QED) is 0.687. The minimum Gasteiger partial charge on any atom is -0.480 e. The fraction of sp³-hybridized carbons (Fsp3) is 0.929. The molecular weight excluding hydrogens is 285 g/mol. The second-order valence-corrected chi connectivity index (χ2v) is 6.34. The van der Waals surface area contributed by atoms with Crippen LogP contribution in [0.1, 0.15) is 46.5 Å². The van der Waals surface area contributed by atoms with Crippen molar-refractivity contribution in [2.24, 2.45) is 0 Å². The minimum absolute atomic E-state index is 0.223. The first kappa shape index (κ1) is 18.2. The van der Waals surface area contributed by atoms with Crippen molar-refractivity contribution in [3.05, 3.63) is 0 Å². The zero-order valence-electron chi connectivity index (χ0n) is 12.8. The molecule has 0 spiro atoms. The molecule has 1 aliphatic rings. The molecule has 1 fully saturated rings. The lowest BCUT2D eigenvalue weighted by Crippen LogP contribution is -2.51.